The molecule has 0 aromatic carbocycles. The third kappa shape index (κ3) is 7.56. The summed E-state index contributed by atoms with van der Waals surface area (Å²) in [6.45, 7) is 2.19. The highest BCUT2D eigenvalue weighted by molar-refractivity contribution is 6.32. The maximum atomic E-state index is 11.4. The van der Waals surface area contributed by atoms with Gasteiger partial charge in [-0.3, -0.25) is 0 Å². The van der Waals surface area contributed by atoms with Crippen molar-refractivity contribution >= 4 is 17.7 Å². The van der Waals surface area contributed by atoms with E-state index < -0.39 is 0 Å². The van der Waals surface area contributed by atoms with E-state index in [0.717, 1.165) is 50.0 Å². The van der Waals surface area contributed by atoms with Gasteiger partial charge in [-0.15, -0.1) is 0 Å². The predicted molar refractivity (Wildman–Crippen MR) is 88.6 cm³/mol. The SMILES string of the molecule is CCCCCC(CCCC1=CCCC=C1Cl)NC(=O)OC. The molecule has 4 heteroatoms. The van der Waals surface area contributed by atoms with Gasteiger partial charge >= 0.3 is 6.09 Å². The summed E-state index contributed by atoms with van der Waals surface area (Å²) in [5, 5.41) is 3.85. The average molecular weight is 314 g/mol. The van der Waals surface area contributed by atoms with Crippen LogP contribution in [0.4, 0.5) is 4.79 Å². The Morgan fingerprint density at radius 3 is 2.67 bits per heavy atom. The third-order valence-electron chi connectivity index (χ3n) is 3.85. The van der Waals surface area contributed by atoms with Crippen LogP contribution in [0.25, 0.3) is 0 Å². The first kappa shape index (κ1) is 18.1. The quantitative estimate of drug-likeness (QED) is 0.586. The molecule has 0 spiro atoms. The Labute approximate surface area is 133 Å². The Kier molecular flexibility index (Phi) is 9.24. The maximum absolute atomic E-state index is 11.4. The number of allylic oxidation sites excluding steroid dienone is 4. The number of rotatable bonds is 9. The summed E-state index contributed by atoms with van der Waals surface area (Å²) in [5.41, 5.74) is 1.26. The van der Waals surface area contributed by atoms with Gasteiger partial charge in [-0.2, -0.15) is 0 Å². The lowest BCUT2D eigenvalue weighted by Crippen LogP contribution is -2.34. The van der Waals surface area contributed by atoms with E-state index in [4.69, 9.17) is 16.3 Å². The molecule has 3 nitrogen and oxygen atoms in total. The van der Waals surface area contributed by atoms with E-state index in [9.17, 15) is 4.79 Å². The molecular weight excluding hydrogens is 286 g/mol. The van der Waals surface area contributed by atoms with Gasteiger partial charge in [0.25, 0.3) is 0 Å². The molecule has 0 aromatic rings. The van der Waals surface area contributed by atoms with Gasteiger partial charge in [-0.1, -0.05) is 49.9 Å². The summed E-state index contributed by atoms with van der Waals surface area (Å²) in [6, 6.07) is 0.205. The Hall–Kier alpha value is -0.960. The fourth-order valence-corrected chi connectivity index (χ4v) is 2.89. The highest BCUT2D eigenvalue weighted by Crippen LogP contribution is 2.26. The lowest BCUT2D eigenvalue weighted by Gasteiger charge is -2.18. The number of methoxy groups -OCH3 is 1. The Bertz CT molecular complexity index is 377. The summed E-state index contributed by atoms with van der Waals surface area (Å²) < 4.78 is 4.71. The van der Waals surface area contributed by atoms with Crippen LogP contribution in [-0.2, 0) is 4.74 Å². The molecule has 0 bridgehead atoms. The van der Waals surface area contributed by atoms with Gasteiger partial charge < -0.3 is 10.1 Å². The second kappa shape index (κ2) is 10.7. The fraction of sp³-hybridized carbons (Fsp3) is 0.706. The fourth-order valence-electron chi connectivity index (χ4n) is 2.61. The molecule has 1 unspecified atom stereocenters. The van der Waals surface area contributed by atoms with E-state index in [-0.39, 0.29) is 12.1 Å². The Balaban J connectivity index is 2.35. The zero-order valence-electron chi connectivity index (χ0n) is 13.3. The van der Waals surface area contributed by atoms with Crippen LogP contribution in [0.1, 0.15) is 64.7 Å². The average Bonchev–Trinajstić information content (AvgIpc) is 2.49. The molecule has 0 aromatic heterocycles. The highest BCUT2D eigenvalue weighted by atomic mass is 35.5. The van der Waals surface area contributed by atoms with Crippen LogP contribution in [0.3, 0.4) is 0 Å². The Morgan fingerprint density at radius 1 is 1.29 bits per heavy atom. The van der Waals surface area contributed by atoms with E-state index in [1.165, 1.54) is 25.5 Å². The van der Waals surface area contributed by atoms with Gasteiger partial charge in [-0.25, -0.2) is 4.79 Å². The van der Waals surface area contributed by atoms with Crippen molar-refractivity contribution in [2.75, 3.05) is 7.11 Å². The smallest absolute Gasteiger partial charge is 0.407 e. The predicted octanol–water partition coefficient (Wildman–Crippen LogP) is 5.30. The number of carbonyl (C=O) groups excluding carboxylic acids is 1. The van der Waals surface area contributed by atoms with Crippen molar-refractivity contribution < 1.29 is 9.53 Å². The molecule has 1 aliphatic carbocycles. The number of alkyl carbamates (subject to hydrolysis) is 1. The van der Waals surface area contributed by atoms with Crippen LogP contribution in [0, 0.1) is 0 Å². The molecule has 1 aliphatic rings. The van der Waals surface area contributed by atoms with Crippen molar-refractivity contribution in [3.8, 4) is 0 Å². The first-order valence-electron chi connectivity index (χ1n) is 8.07. The largest absolute Gasteiger partial charge is 0.453 e. The summed E-state index contributed by atoms with van der Waals surface area (Å²) in [5.74, 6) is 0. The van der Waals surface area contributed by atoms with E-state index in [2.05, 4.69) is 24.4 Å². The third-order valence-corrected chi connectivity index (χ3v) is 4.25. The van der Waals surface area contributed by atoms with Gasteiger partial charge in [0.1, 0.15) is 0 Å². The van der Waals surface area contributed by atoms with Crippen molar-refractivity contribution in [2.45, 2.75) is 70.8 Å². The van der Waals surface area contributed by atoms with Crippen molar-refractivity contribution in [1.29, 1.82) is 0 Å². The molecule has 0 saturated heterocycles. The van der Waals surface area contributed by atoms with E-state index in [0.29, 0.717) is 0 Å². The van der Waals surface area contributed by atoms with Crippen molar-refractivity contribution in [1.82, 2.24) is 5.32 Å². The number of ether oxygens (including phenoxy) is 1. The minimum atomic E-state index is -0.327. The number of hydrogen-bond acceptors (Lipinski definition) is 2. The minimum Gasteiger partial charge on any atom is -0.453 e. The minimum absolute atomic E-state index is 0.205. The lowest BCUT2D eigenvalue weighted by atomic mass is 9.97. The molecule has 1 atom stereocenters. The first-order valence-corrected chi connectivity index (χ1v) is 8.44. The second-order valence-corrected chi connectivity index (χ2v) is 5.99. The van der Waals surface area contributed by atoms with Crippen LogP contribution in [0.2, 0.25) is 0 Å². The van der Waals surface area contributed by atoms with Crippen LogP contribution < -0.4 is 5.32 Å². The number of halogens is 1. The number of nitrogens with one attached hydrogen (secondary N) is 1. The topological polar surface area (TPSA) is 38.3 Å². The standard InChI is InChI=1S/C17H28ClNO2/c1-3-4-5-11-15(19-17(20)21-2)12-8-10-14-9-6-7-13-16(14)18/h9,13,15H,3-8,10-12H2,1-2H3,(H,19,20). The number of hydrogen-bond donors (Lipinski definition) is 1. The molecule has 120 valence electrons. The maximum Gasteiger partial charge on any atom is 0.407 e. The molecule has 21 heavy (non-hydrogen) atoms. The van der Waals surface area contributed by atoms with Crippen LogP contribution >= 0.6 is 11.6 Å². The zero-order valence-corrected chi connectivity index (χ0v) is 14.0. The van der Waals surface area contributed by atoms with Gasteiger partial charge in [-0.05, 0) is 44.1 Å². The van der Waals surface area contributed by atoms with Crippen molar-refractivity contribution in [2.24, 2.45) is 0 Å². The summed E-state index contributed by atoms with van der Waals surface area (Å²) in [4.78, 5) is 11.4. The van der Waals surface area contributed by atoms with Crippen LogP contribution in [0.5, 0.6) is 0 Å². The number of carbonyl (C=O) groups is 1. The van der Waals surface area contributed by atoms with Gasteiger partial charge in [0, 0.05) is 11.1 Å². The highest BCUT2D eigenvalue weighted by Gasteiger charge is 2.13. The Morgan fingerprint density at radius 2 is 2.00 bits per heavy atom. The number of unbranched alkanes of at least 4 members (excludes halogenated alkanes) is 2. The monoisotopic (exact) mass is 313 g/mol. The summed E-state index contributed by atoms with van der Waals surface area (Å²) in [6.07, 6.45) is 13.7. The molecule has 0 aliphatic heterocycles. The van der Waals surface area contributed by atoms with Crippen LogP contribution in [0.15, 0.2) is 22.8 Å². The molecule has 1 amide bonds. The zero-order chi connectivity index (χ0) is 15.5. The van der Waals surface area contributed by atoms with Gasteiger partial charge in [0.15, 0.2) is 0 Å². The van der Waals surface area contributed by atoms with Gasteiger partial charge in [0.05, 0.1) is 7.11 Å². The van der Waals surface area contributed by atoms with E-state index >= 15 is 0 Å². The molecule has 0 heterocycles. The summed E-state index contributed by atoms with van der Waals surface area (Å²) in [7, 11) is 1.41. The summed E-state index contributed by atoms with van der Waals surface area (Å²) >= 11 is 6.21. The molecule has 1 N–H and O–H groups in total. The lowest BCUT2D eigenvalue weighted by molar-refractivity contribution is 0.164. The van der Waals surface area contributed by atoms with Crippen molar-refractivity contribution in [3.05, 3.63) is 22.8 Å². The molecule has 0 radical (unpaired) electrons. The molecule has 0 fully saturated rings. The first-order chi connectivity index (χ1) is 10.2. The molecule has 1 rings (SSSR count). The van der Waals surface area contributed by atoms with Crippen LogP contribution in [-0.4, -0.2) is 19.2 Å². The van der Waals surface area contributed by atoms with E-state index in [1.54, 1.807) is 0 Å². The normalized spacial score (nSPS) is 16.0. The second-order valence-electron chi connectivity index (χ2n) is 5.58. The van der Waals surface area contributed by atoms with Gasteiger partial charge in [0.2, 0.25) is 0 Å². The van der Waals surface area contributed by atoms with E-state index in [1.807, 2.05) is 0 Å². The molecule has 0 saturated carbocycles. The number of amides is 1. The molecular formula is C17H28ClNO2. The van der Waals surface area contributed by atoms with Crippen molar-refractivity contribution in [3.63, 3.8) is 0 Å².